The van der Waals surface area contributed by atoms with Gasteiger partial charge in [-0.3, -0.25) is 4.79 Å². The van der Waals surface area contributed by atoms with E-state index in [9.17, 15) is 4.79 Å². The number of hydrogen-bond acceptors (Lipinski definition) is 6. The molecule has 1 atom stereocenters. The van der Waals surface area contributed by atoms with Crippen LogP contribution in [0.3, 0.4) is 0 Å². The van der Waals surface area contributed by atoms with Crippen molar-refractivity contribution in [2.24, 2.45) is 0 Å². The van der Waals surface area contributed by atoms with E-state index in [0.29, 0.717) is 12.3 Å². The molecule has 24 heavy (non-hydrogen) atoms. The van der Waals surface area contributed by atoms with E-state index in [1.165, 1.54) is 0 Å². The van der Waals surface area contributed by atoms with Gasteiger partial charge < -0.3 is 9.32 Å². The minimum absolute atomic E-state index is 0.0920. The highest BCUT2D eigenvalue weighted by molar-refractivity contribution is 7.99. The van der Waals surface area contributed by atoms with Gasteiger partial charge in [0.25, 0.3) is 11.7 Å². The van der Waals surface area contributed by atoms with E-state index < -0.39 is 0 Å². The summed E-state index contributed by atoms with van der Waals surface area (Å²) in [5, 5.41) is 4.34. The first-order valence-electron chi connectivity index (χ1n) is 7.77. The second-order valence-corrected chi connectivity index (χ2v) is 6.92. The summed E-state index contributed by atoms with van der Waals surface area (Å²) in [6.45, 7) is 4.46. The van der Waals surface area contributed by atoms with Crippen LogP contribution in [0.4, 0.5) is 0 Å². The molecular weight excluding hydrogens is 326 g/mol. The molecule has 1 amide bonds. The lowest BCUT2D eigenvalue weighted by Gasteiger charge is -2.33. The van der Waals surface area contributed by atoms with Crippen LogP contribution >= 0.6 is 11.8 Å². The zero-order chi connectivity index (χ0) is 16.7. The van der Waals surface area contributed by atoms with Crippen molar-refractivity contribution in [1.82, 2.24) is 24.5 Å². The topological polar surface area (TPSA) is 76.5 Å². The summed E-state index contributed by atoms with van der Waals surface area (Å²) in [5.41, 5.74) is 0.888. The van der Waals surface area contributed by atoms with E-state index in [0.717, 1.165) is 28.7 Å². The van der Waals surface area contributed by atoms with E-state index in [4.69, 9.17) is 4.42 Å². The van der Waals surface area contributed by atoms with Crippen LogP contribution in [0.15, 0.2) is 28.8 Å². The maximum Gasteiger partial charge on any atom is 0.294 e. The van der Waals surface area contributed by atoms with Gasteiger partial charge in [0.2, 0.25) is 5.82 Å². The molecule has 0 bridgehead atoms. The number of rotatable bonds is 2. The Kier molecular flexibility index (Phi) is 3.76. The van der Waals surface area contributed by atoms with Gasteiger partial charge in [0.15, 0.2) is 0 Å². The predicted octanol–water partition coefficient (Wildman–Crippen LogP) is 2.26. The molecule has 0 aliphatic carbocycles. The third-order valence-electron chi connectivity index (χ3n) is 4.10. The second-order valence-electron chi connectivity index (χ2n) is 5.77. The highest BCUT2D eigenvalue weighted by Gasteiger charge is 2.33. The van der Waals surface area contributed by atoms with Gasteiger partial charge in [-0.15, -0.1) is 5.10 Å². The zero-order valence-corrected chi connectivity index (χ0v) is 14.3. The van der Waals surface area contributed by atoms with Crippen LogP contribution in [0.5, 0.6) is 0 Å². The molecule has 0 unspecified atom stereocenters. The van der Waals surface area contributed by atoms with Crippen LogP contribution in [0.25, 0.3) is 5.78 Å². The first-order valence-corrected chi connectivity index (χ1v) is 8.92. The molecule has 3 aromatic rings. The van der Waals surface area contributed by atoms with E-state index in [-0.39, 0.29) is 17.8 Å². The number of aryl methyl sites for hydroxylation is 2. The van der Waals surface area contributed by atoms with Crippen molar-refractivity contribution in [2.45, 2.75) is 19.9 Å². The maximum atomic E-state index is 13.0. The Balaban J connectivity index is 1.69. The molecule has 0 saturated carbocycles. The van der Waals surface area contributed by atoms with E-state index in [2.05, 4.69) is 15.1 Å². The lowest BCUT2D eigenvalue weighted by molar-refractivity contribution is 0.0669. The van der Waals surface area contributed by atoms with Crippen LogP contribution in [0, 0.1) is 13.8 Å². The van der Waals surface area contributed by atoms with Gasteiger partial charge in [-0.25, -0.2) is 9.50 Å². The molecule has 3 aromatic heterocycles. The number of nitrogens with zero attached hydrogens (tertiary/aromatic N) is 5. The fourth-order valence-electron chi connectivity index (χ4n) is 2.84. The Hall–Kier alpha value is -2.35. The molecule has 7 nitrogen and oxygen atoms in total. The van der Waals surface area contributed by atoms with Crippen molar-refractivity contribution in [3.05, 3.63) is 47.4 Å². The minimum atomic E-state index is -0.181. The van der Waals surface area contributed by atoms with E-state index in [1.807, 2.05) is 43.8 Å². The smallest absolute Gasteiger partial charge is 0.294 e. The van der Waals surface area contributed by atoms with Crippen LogP contribution in [-0.2, 0) is 0 Å². The highest BCUT2D eigenvalue weighted by atomic mass is 32.2. The van der Waals surface area contributed by atoms with Gasteiger partial charge in [0.1, 0.15) is 11.5 Å². The van der Waals surface area contributed by atoms with Gasteiger partial charge in [-0.1, -0.05) is 0 Å². The molecule has 124 valence electrons. The quantitative estimate of drug-likeness (QED) is 0.710. The van der Waals surface area contributed by atoms with Crippen LogP contribution in [0.2, 0.25) is 0 Å². The van der Waals surface area contributed by atoms with Gasteiger partial charge in [-0.05, 0) is 32.0 Å². The maximum absolute atomic E-state index is 13.0. The third kappa shape index (κ3) is 2.56. The molecule has 0 N–H and O–H groups in total. The van der Waals surface area contributed by atoms with Crippen molar-refractivity contribution in [1.29, 1.82) is 0 Å². The van der Waals surface area contributed by atoms with Gasteiger partial charge in [0, 0.05) is 29.9 Å². The van der Waals surface area contributed by atoms with Crippen molar-refractivity contribution >= 4 is 23.4 Å². The fraction of sp³-hybridized carbons (Fsp3) is 0.375. The average molecular weight is 343 g/mol. The summed E-state index contributed by atoms with van der Waals surface area (Å²) in [6.07, 6.45) is 1.67. The summed E-state index contributed by atoms with van der Waals surface area (Å²) in [4.78, 5) is 23.2. The summed E-state index contributed by atoms with van der Waals surface area (Å²) < 4.78 is 7.35. The Morgan fingerprint density at radius 1 is 1.33 bits per heavy atom. The molecule has 4 heterocycles. The van der Waals surface area contributed by atoms with Crippen LogP contribution in [-0.4, -0.2) is 48.4 Å². The summed E-state index contributed by atoms with van der Waals surface area (Å²) in [7, 11) is 0. The number of hydrogen-bond donors (Lipinski definition) is 0. The van der Waals surface area contributed by atoms with Gasteiger partial charge in [0.05, 0.1) is 6.04 Å². The minimum Gasteiger partial charge on any atom is -0.464 e. The largest absolute Gasteiger partial charge is 0.464 e. The van der Waals surface area contributed by atoms with Crippen LogP contribution < -0.4 is 0 Å². The van der Waals surface area contributed by atoms with Crippen molar-refractivity contribution < 1.29 is 9.21 Å². The van der Waals surface area contributed by atoms with Crippen molar-refractivity contribution in [2.75, 3.05) is 18.1 Å². The number of furan rings is 1. The van der Waals surface area contributed by atoms with Crippen molar-refractivity contribution in [3.63, 3.8) is 0 Å². The molecule has 0 aromatic carbocycles. The molecule has 1 saturated heterocycles. The lowest BCUT2D eigenvalue weighted by Crippen LogP contribution is -2.41. The Morgan fingerprint density at radius 2 is 2.21 bits per heavy atom. The molecule has 1 aliphatic rings. The summed E-state index contributed by atoms with van der Waals surface area (Å²) in [5.74, 6) is 3.80. The Bertz CT molecular complexity index is 903. The predicted molar refractivity (Wildman–Crippen MR) is 90.1 cm³/mol. The van der Waals surface area contributed by atoms with E-state index >= 15 is 0 Å². The number of carbonyl (C=O) groups excluding carboxylic acids is 1. The van der Waals surface area contributed by atoms with Gasteiger partial charge in [-0.2, -0.15) is 16.7 Å². The standard InChI is InChI=1S/C16H17N5O2S/c1-10-5-6-17-16-18-14(19-21(10)16)15(22)20-7-8-24-9-12(20)13-4-3-11(2)23-13/h3-6,12H,7-9H2,1-2H3/t12-/m0/s1. The van der Waals surface area contributed by atoms with Gasteiger partial charge >= 0.3 is 0 Å². The van der Waals surface area contributed by atoms with E-state index in [1.54, 1.807) is 15.6 Å². The SMILES string of the molecule is Cc1ccc([C@@H]2CSCCN2C(=O)c2nc3nccc(C)n3n2)o1. The molecule has 0 radical (unpaired) electrons. The zero-order valence-electron chi connectivity index (χ0n) is 13.5. The molecule has 4 rings (SSSR count). The Morgan fingerprint density at radius 3 is 2.96 bits per heavy atom. The average Bonchev–Trinajstić information content (AvgIpc) is 3.21. The van der Waals surface area contributed by atoms with Crippen LogP contribution in [0.1, 0.15) is 33.9 Å². The second kappa shape index (κ2) is 5.94. The molecular formula is C16H17N5O2S. The number of fused-ring (bicyclic) bond motifs is 1. The first-order chi connectivity index (χ1) is 11.6. The number of thioether (sulfide) groups is 1. The Labute approximate surface area is 143 Å². The first kappa shape index (κ1) is 15.2. The highest BCUT2D eigenvalue weighted by Crippen LogP contribution is 2.31. The fourth-order valence-corrected chi connectivity index (χ4v) is 3.90. The molecule has 0 spiro atoms. The monoisotopic (exact) mass is 343 g/mol. The van der Waals surface area contributed by atoms with Crippen molar-refractivity contribution in [3.8, 4) is 0 Å². The number of amides is 1. The third-order valence-corrected chi connectivity index (χ3v) is 5.12. The molecule has 1 fully saturated rings. The number of carbonyl (C=O) groups is 1. The molecule has 1 aliphatic heterocycles. The molecule has 8 heteroatoms. The number of aromatic nitrogens is 4. The summed E-state index contributed by atoms with van der Waals surface area (Å²) >= 11 is 1.82. The lowest BCUT2D eigenvalue weighted by atomic mass is 10.2. The normalized spacial score (nSPS) is 18.2. The summed E-state index contributed by atoms with van der Waals surface area (Å²) in [6, 6.07) is 5.61.